The van der Waals surface area contributed by atoms with E-state index in [1.807, 2.05) is 0 Å². The van der Waals surface area contributed by atoms with Gasteiger partial charge in [0.15, 0.2) is 6.10 Å². The van der Waals surface area contributed by atoms with Crippen molar-refractivity contribution in [3.63, 3.8) is 0 Å². The lowest BCUT2D eigenvalue weighted by Crippen LogP contribution is -2.25. The first kappa shape index (κ1) is 24.6. The molecule has 1 atom stereocenters. The van der Waals surface area contributed by atoms with Gasteiger partial charge in [-0.15, -0.1) is 0 Å². The Morgan fingerprint density at radius 1 is 1.03 bits per heavy atom. The first-order valence-electron chi connectivity index (χ1n) is 10.2. The zero-order chi connectivity index (χ0) is 25.2. The SMILES string of the molecule is Cc1ccc(C(=O)OC(C)C(=O)c2cc(C)n(-c3ccc(OC(F)F)cc3)c2C)cc1[N+](=O)[O-]. The second kappa shape index (κ2) is 9.82. The number of rotatable bonds is 8. The van der Waals surface area contributed by atoms with Crippen molar-refractivity contribution in [3.05, 3.63) is 86.7 Å². The van der Waals surface area contributed by atoms with Gasteiger partial charge in [0.2, 0.25) is 5.78 Å². The lowest BCUT2D eigenvalue weighted by molar-refractivity contribution is -0.385. The van der Waals surface area contributed by atoms with Crippen LogP contribution in [-0.4, -0.2) is 34.0 Å². The zero-order valence-electron chi connectivity index (χ0n) is 18.9. The lowest BCUT2D eigenvalue weighted by atomic mass is 10.1. The fraction of sp³-hybridized carbons (Fsp3) is 0.250. The number of hydrogen-bond acceptors (Lipinski definition) is 6. The Morgan fingerprint density at radius 3 is 2.26 bits per heavy atom. The number of alkyl halides is 2. The van der Waals surface area contributed by atoms with Crippen molar-refractivity contribution in [2.24, 2.45) is 0 Å². The normalized spacial score (nSPS) is 11.9. The van der Waals surface area contributed by atoms with Crippen molar-refractivity contribution < 1.29 is 32.8 Å². The number of aryl methyl sites for hydroxylation is 2. The number of benzene rings is 2. The van der Waals surface area contributed by atoms with Crippen LogP contribution in [0.3, 0.4) is 0 Å². The molecule has 0 bridgehead atoms. The molecule has 0 N–H and O–H groups in total. The first-order chi connectivity index (χ1) is 16.0. The van der Waals surface area contributed by atoms with Crippen LogP contribution >= 0.6 is 0 Å². The van der Waals surface area contributed by atoms with E-state index in [0.717, 1.165) is 6.07 Å². The molecule has 3 aromatic rings. The van der Waals surface area contributed by atoms with E-state index < -0.39 is 29.4 Å². The Hall–Kier alpha value is -4.08. The third-order valence-electron chi connectivity index (χ3n) is 5.31. The summed E-state index contributed by atoms with van der Waals surface area (Å²) in [5, 5.41) is 11.1. The van der Waals surface area contributed by atoms with Gasteiger partial charge in [0.25, 0.3) is 5.69 Å². The summed E-state index contributed by atoms with van der Waals surface area (Å²) in [7, 11) is 0. The van der Waals surface area contributed by atoms with Gasteiger partial charge in [0.05, 0.1) is 10.5 Å². The lowest BCUT2D eigenvalue weighted by Gasteiger charge is -2.14. The number of nitrogens with zero attached hydrogens (tertiary/aromatic N) is 2. The molecular weight excluding hydrogens is 450 g/mol. The maximum absolute atomic E-state index is 13.0. The van der Waals surface area contributed by atoms with Gasteiger partial charge in [-0.3, -0.25) is 14.9 Å². The summed E-state index contributed by atoms with van der Waals surface area (Å²) in [5.74, 6) is -1.30. The van der Waals surface area contributed by atoms with Crippen molar-refractivity contribution in [2.45, 2.75) is 40.4 Å². The maximum atomic E-state index is 13.0. The quantitative estimate of drug-likeness (QED) is 0.190. The summed E-state index contributed by atoms with van der Waals surface area (Å²) in [6.45, 7) is 3.53. The molecule has 0 fully saturated rings. The van der Waals surface area contributed by atoms with E-state index in [0.29, 0.717) is 28.2 Å². The van der Waals surface area contributed by atoms with Gasteiger partial charge in [-0.05, 0) is 64.1 Å². The van der Waals surface area contributed by atoms with E-state index in [-0.39, 0.29) is 17.0 Å². The first-order valence-corrected chi connectivity index (χ1v) is 10.2. The molecule has 0 amide bonds. The summed E-state index contributed by atoms with van der Waals surface area (Å²) < 4.78 is 36.2. The van der Waals surface area contributed by atoms with Crippen molar-refractivity contribution in [1.29, 1.82) is 0 Å². The minimum absolute atomic E-state index is 0.00869. The van der Waals surface area contributed by atoms with Crippen LogP contribution in [0, 0.1) is 30.9 Å². The second-order valence-electron chi connectivity index (χ2n) is 7.66. The predicted molar refractivity (Wildman–Crippen MR) is 119 cm³/mol. The molecule has 34 heavy (non-hydrogen) atoms. The molecule has 0 aliphatic rings. The highest BCUT2D eigenvalue weighted by Gasteiger charge is 2.26. The molecule has 0 saturated heterocycles. The molecule has 178 valence electrons. The number of aromatic nitrogens is 1. The molecule has 0 aliphatic heterocycles. The van der Waals surface area contributed by atoms with Crippen LogP contribution in [0.2, 0.25) is 0 Å². The Balaban J connectivity index is 1.80. The van der Waals surface area contributed by atoms with Gasteiger partial charge < -0.3 is 14.0 Å². The van der Waals surface area contributed by atoms with Crippen molar-refractivity contribution in [2.75, 3.05) is 0 Å². The summed E-state index contributed by atoms with van der Waals surface area (Å²) in [6, 6.07) is 11.5. The number of carbonyl (C=O) groups is 2. The average Bonchev–Trinajstić information content (AvgIpc) is 3.07. The number of ether oxygens (including phenoxy) is 2. The van der Waals surface area contributed by atoms with E-state index in [4.69, 9.17) is 4.74 Å². The van der Waals surface area contributed by atoms with Gasteiger partial charge >= 0.3 is 12.6 Å². The van der Waals surface area contributed by atoms with Gasteiger partial charge in [-0.1, -0.05) is 6.07 Å². The largest absolute Gasteiger partial charge is 0.451 e. The number of Topliss-reactive ketones (excluding diaryl/α,β-unsaturated/α-hetero) is 1. The van der Waals surface area contributed by atoms with Crippen molar-refractivity contribution in [3.8, 4) is 11.4 Å². The molecule has 0 spiro atoms. The van der Waals surface area contributed by atoms with E-state index in [2.05, 4.69) is 4.74 Å². The standard InChI is InChI=1S/C24H22F2N2O6/c1-13-5-6-17(12-21(13)28(31)32)23(30)33-16(4)22(29)20-11-14(2)27(15(20)3)18-7-9-19(10-8-18)34-24(25)26/h5-12,16,24H,1-4H3. The highest BCUT2D eigenvalue weighted by molar-refractivity contribution is 6.02. The molecule has 3 rings (SSSR count). The molecular formula is C24H22F2N2O6. The monoisotopic (exact) mass is 472 g/mol. The van der Waals surface area contributed by atoms with Gasteiger partial charge in [0.1, 0.15) is 5.75 Å². The second-order valence-corrected chi connectivity index (χ2v) is 7.66. The Morgan fingerprint density at radius 2 is 1.68 bits per heavy atom. The topological polar surface area (TPSA) is 101 Å². The van der Waals surface area contributed by atoms with Gasteiger partial charge in [0, 0.05) is 34.3 Å². The molecule has 0 radical (unpaired) electrons. The Labute approximate surface area is 193 Å². The maximum Gasteiger partial charge on any atom is 0.387 e. The van der Waals surface area contributed by atoms with E-state index in [1.54, 1.807) is 43.5 Å². The average molecular weight is 472 g/mol. The Bertz CT molecular complexity index is 1250. The van der Waals surface area contributed by atoms with E-state index >= 15 is 0 Å². The van der Waals surface area contributed by atoms with Crippen LogP contribution in [-0.2, 0) is 4.74 Å². The minimum atomic E-state index is -2.93. The summed E-state index contributed by atoms with van der Waals surface area (Å²) in [6.07, 6.45) is -1.15. The molecule has 2 aromatic carbocycles. The van der Waals surface area contributed by atoms with Gasteiger partial charge in [-0.2, -0.15) is 8.78 Å². The highest BCUT2D eigenvalue weighted by atomic mass is 19.3. The molecule has 8 nitrogen and oxygen atoms in total. The van der Waals surface area contributed by atoms with Crippen LogP contribution < -0.4 is 4.74 Å². The number of esters is 1. The number of carbonyl (C=O) groups excluding carboxylic acids is 2. The summed E-state index contributed by atoms with van der Waals surface area (Å²) in [4.78, 5) is 36.1. The smallest absolute Gasteiger partial charge is 0.387 e. The fourth-order valence-electron chi connectivity index (χ4n) is 3.62. The number of hydrogen-bond donors (Lipinski definition) is 0. The third-order valence-corrected chi connectivity index (χ3v) is 5.31. The fourth-order valence-corrected chi connectivity index (χ4v) is 3.62. The van der Waals surface area contributed by atoms with Crippen molar-refractivity contribution in [1.82, 2.24) is 4.57 Å². The molecule has 0 saturated carbocycles. The highest BCUT2D eigenvalue weighted by Crippen LogP contribution is 2.25. The molecule has 0 aliphatic carbocycles. The number of halogens is 2. The summed E-state index contributed by atoms with van der Waals surface area (Å²) in [5.41, 5.74) is 2.37. The molecule has 1 heterocycles. The van der Waals surface area contributed by atoms with Crippen molar-refractivity contribution >= 4 is 17.4 Å². The van der Waals surface area contributed by atoms with Gasteiger partial charge in [-0.25, -0.2) is 4.79 Å². The summed E-state index contributed by atoms with van der Waals surface area (Å²) >= 11 is 0. The zero-order valence-corrected chi connectivity index (χ0v) is 18.9. The third kappa shape index (κ3) is 5.11. The molecule has 1 unspecified atom stereocenters. The number of nitro groups is 1. The van der Waals surface area contributed by atoms with Crippen LogP contribution in [0.15, 0.2) is 48.5 Å². The number of nitro benzene ring substituents is 1. The van der Waals surface area contributed by atoms with E-state index in [9.17, 15) is 28.5 Å². The Kier molecular flexibility index (Phi) is 7.09. The number of ketones is 1. The predicted octanol–water partition coefficient (Wildman–Crippen LogP) is 5.34. The van der Waals surface area contributed by atoms with Crippen LogP contribution in [0.5, 0.6) is 5.75 Å². The molecule has 10 heteroatoms. The minimum Gasteiger partial charge on any atom is -0.451 e. The molecule has 1 aromatic heterocycles. The van der Waals surface area contributed by atoms with Crippen LogP contribution in [0.4, 0.5) is 14.5 Å². The van der Waals surface area contributed by atoms with Crippen LogP contribution in [0.25, 0.3) is 5.69 Å². The van der Waals surface area contributed by atoms with Crippen LogP contribution in [0.1, 0.15) is 44.6 Å². The van der Waals surface area contributed by atoms with E-state index in [1.165, 1.54) is 31.2 Å².